The van der Waals surface area contributed by atoms with Gasteiger partial charge in [0, 0.05) is 17.9 Å². The lowest BCUT2D eigenvalue weighted by atomic mass is 10.00. The van der Waals surface area contributed by atoms with E-state index in [9.17, 15) is 4.79 Å². The Morgan fingerprint density at radius 2 is 2.11 bits per heavy atom. The SMILES string of the molecule is COc1cc(C(C)C)ccc1-c1csc(C(C)=O)n1. The molecule has 0 bridgehead atoms. The number of methoxy groups -OCH3 is 1. The van der Waals surface area contributed by atoms with E-state index in [4.69, 9.17) is 4.74 Å². The van der Waals surface area contributed by atoms with Crippen molar-refractivity contribution in [1.82, 2.24) is 4.98 Å². The quantitative estimate of drug-likeness (QED) is 0.787. The molecule has 1 heterocycles. The van der Waals surface area contributed by atoms with Gasteiger partial charge in [-0.05, 0) is 23.6 Å². The minimum absolute atomic E-state index is 0.00554. The maximum atomic E-state index is 11.3. The summed E-state index contributed by atoms with van der Waals surface area (Å²) in [5.41, 5.74) is 2.95. The Kier molecular flexibility index (Phi) is 4.00. The van der Waals surface area contributed by atoms with Crippen LogP contribution in [-0.4, -0.2) is 17.9 Å². The third-order valence-corrected chi connectivity index (χ3v) is 3.92. The molecule has 0 aliphatic rings. The molecule has 0 saturated carbocycles. The molecule has 0 aliphatic carbocycles. The third kappa shape index (κ3) is 2.84. The molecule has 0 unspecified atom stereocenters. The minimum Gasteiger partial charge on any atom is -0.496 e. The molecule has 0 spiro atoms. The molecule has 2 aromatic rings. The first-order valence-electron chi connectivity index (χ1n) is 6.17. The predicted octanol–water partition coefficient (Wildman–Crippen LogP) is 4.14. The maximum Gasteiger partial charge on any atom is 0.188 e. The Morgan fingerprint density at radius 3 is 2.63 bits per heavy atom. The van der Waals surface area contributed by atoms with Crippen molar-refractivity contribution in [3.8, 4) is 17.0 Å². The summed E-state index contributed by atoms with van der Waals surface area (Å²) in [6.07, 6.45) is 0. The molecule has 19 heavy (non-hydrogen) atoms. The molecule has 0 atom stereocenters. The fourth-order valence-electron chi connectivity index (χ4n) is 1.84. The lowest BCUT2D eigenvalue weighted by Gasteiger charge is -2.11. The summed E-state index contributed by atoms with van der Waals surface area (Å²) in [4.78, 5) is 15.7. The van der Waals surface area contributed by atoms with E-state index >= 15 is 0 Å². The van der Waals surface area contributed by atoms with E-state index in [0.717, 1.165) is 17.0 Å². The summed E-state index contributed by atoms with van der Waals surface area (Å²) in [5, 5.41) is 2.42. The van der Waals surface area contributed by atoms with Gasteiger partial charge in [-0.25, -0.2) is 4.98 Å². The Bertz CT molecular complexity index is 602. The molecule has 0 aliphatic heterocycles. The lowest BCUT2D eigenvalue weighted by molar-refractivity contribution is 0.101. The predicted molar refractivity (Wildman–Crippen MR) is 78.2 cm³/mol. The summed E-state index contributed by atoms with van der Waals surface area (Å²) >= 11 is 1.37. The van der Waals surface area contributed by atoms with Gasteiger partial charge in [0.15, 0.2) is 10.8 Å². The van der Waals surface area contributed by atoms with E-state index < -0.39 is 0 Å². The number of thiazole rings is 1. The Hall–Kier alpha value is -1.68. The molecule has 4 heteroatoms. The number of hydrogen-bond donors (Lipinski definition) is 0. The van der Waals surface area contributed by atoms with Crippen molar-refractivity contribution in [3.05, 3.63) is 34.2 Å². The van der Waals surface area contributed by atoms with Crippen LogP contribution in [0.5, 0.6) is 5.75 Å². The largest absolute Gasteiger partial charge is 0.496 e. The molecule has 0 radical (unpaired) electrons. The van der Waals surface area contributed by atoms with E-state index in [1.165, 1.54) is 23.8 Å². The molecule has 100 valence electrons. The van der Waals surface area contributed by atoms with Gasteiger partial charge in [-0.15, -0.1) is 11.3 Å². The monoisotopic (exact) mass is 275 g/mol. The summed E-state index contributed by atoms with van der Waals surface area (Å²) in [7, 11) is 1.65. The molecular weight excluding hydrogens is 258 g/mol. The summed E-state index contributed by atoms with van der Waals surface area (Å²) in [6, 6.07) is 6.12. The number of rotatable bonds is 4. The zero-order chi connectivity index (χ0) is 14.0. The Morgan fingerprint density at radius 1 is 1.37 bits per heavy atom. The van der Waals surface area contributed by atoms with Crippen molar-refractivity contribution in [3.63, 3.8) is 0 Å². The summed E-state index contributed by atoms with van der Waals surface area (Å²) in [5.74, 6) is 1.24. The average molecular weight is 275 g/mol. The maximum absolute atomic E-state index is 11.3. The molecular formula is C15H17NO2S. The molecule has 0 N–H and O–H groups in total. The van der Waals surface area contributed by atoms with Crippen LogP contribution in [0.15, 0.2) is 23.6 Å². The van der Waals surface area contributed by atoms with Crippen molar-refractivity contribution < 1.29 is 9.53 Å². The van der Waals surface area contributed by atoms with Crippen LogP contribution in [0.1, 0.15) is 42.1 Å². The van der Waals surface area contributed by atoms with E-state index in [1.807, 2.05) is 17.5 Å². The van der Waals surface area contributed by atoms with Gasteiger partial charge < -0.3 is 4.74 Å². The van der Waals surface area contributed by atoms with Gasteiger partial charge in [0.05, 0.1) is 12.8 Å². The van der Waals surface area contributed by atoms with Gasteiger partial charge in [-0.1, -0.05) is 19.9 Å². The van der Waals surface area contributed by atoms with Crippen LogP contribution in [0.2, 0.25) is 0 Å². The fraction of sp³-hybridized carbons (Fsp3) is 0.333. The number of Topliss-reactive ketones (excluding diaryl/α,β-unsaturated/α-hetero) is 1. The highest BCUT2D eigenvalue weighted by molar-refractivity contribution is 7.12. The summed E-state index contributed by atoms with van der Waals surface area (Å²) in [6.45, 7) is 5.82. The van der Waals surface area contributed by atoms with Crippen molar-refractivity contribution in [1.29, 1.82) is 0 Å². The standard InChI is InChI=1S/C15H17NO2S/c1-9(2)11-5-6-12(14(7-11)18-4)13-8-19-15(16-13)10(3)17/h5-9H,1-4H3. The van der Waals surface area contributed by atoms with Gasteiger partial charge in [0.25, 0.3) is 0 Å². The van der Waals surface area contributed by atoms with Crippen LogP contribution < -0.4 is 4.74 Å². The zero-order valence-electron chi connectivity index (χ0n) is 11.6. The van der Waals surface area contributed by atoms with Gasteiger partial charge in [0.1, 0.15) is 5.75 Å². The Labute approximate surface area is 117 Å². The summed E-state index contributed by atoms with van der Waals surface area (Å²) < 4.78 is 5.44. The van der Waals surface area contributed by atoms with Crippen LogP contribution in [-0.2, 0) is 0 Å². The lowest BCUT2D eigenvalue weighted by Crippen LogP contribution is -1.94. The van der Waals surface area contributed by atoms with Crippen LogP contribution >= 0.6 is 11.3 Å². The highest BCUT2D eigenvalue weighted by atomic mass is 32.1. The van der Waals surface area contributed by atoms with Crippen LogP contribution in [0.25, 0.3) is 11.3 Å². The number of hydrogen-bond acceptors (Lipinski definition) is 4. The number of aromatic nitrogens is 1. The van der Waals surface area contributed by atoms with Crippen LogP contribution in [0, 0.1) is 0 Å². The Balaban J connectivity index is 2.46. The minimum atomic E-state index is -0.00554. The first-order chi connectivity index (χ1) is 9.02. The van der Waals surface area contributed by atoms with Crippen molar-refractivity contribution in [2.75, 3.05) is 7.11 Å². The van der Waals surface area contributed by atoms with E-state index in [-0.39, 0.29) is 5.78 Å². The van der Waals surface area contributed by atoms with Crippen LogP contribution in [0.3, 0.4) is 0 Å². The molecule has 1 aromatic heterocycles. The highest BCUT2D eigenvalue weighted by Crippen LogP contribution is 2.33. The second-order valence-electron chi connectivity index (χ2n) is 4.71. The van der Waals surface area contributed by atoms with E-state index in [0.29, 0.717) is 10.9 Å². The fourth-order valence-corrected chi connectivity index (χ4v) is 2.56. The van der Waals surface area contributed by atoms with Gasteiger partial charge >= 0.3 is 0 Å². The molecule has 2 rings (SSSR count). The third-order valence-electron chi connectivity index (χ3n) is 2.97. The van der Waals surface area contributed by atoms with Crippen molar-refractivity contribution in [2.24, 2.45) is 0 Å². The smallest absolute Gasteiger partial charge is 0.188 e. The molecule has 0 amide bonds. The van der Waals surface area contributed by atoms with E-state index in [1.54, 1.807) is 7.11 Å². The first-order valence-corrected chi connectivity index (χ1v) is 7.05. The number of ether oxygens (including phenoxy) is 1. The van der Waals surface area contributed by atoms with Gasteiger partial charge in [0.2, 0.25) is 0 Å². The highest BCUT2D eigenvalue weighted by Gasteiger charge is 2.13. The molecule has 0 saturated heterocycles. The normalized spacial score (nSPS) is 10.8. The van der Waals surface area contributed by atoms with Gasteiger partial charge in [-0.2, -0.15) is 0 Å². The number of benzene rings is 1. The molecule has 0 fully saturated rings. The zero-order valence-corrected chi connectivity index (χ0v) is 12.4. The second-order valence-corrected chi connectivity index (χ2v) is 5.57. The van der Waals surface area contributed by atoms with Crippen molar-refractivity contribution in [2.45, 2.75) is 26.7 Å². The number of nitrogens with zero attached hydrogens (tertiary/aromatic N) is 1. The second kappa shape index (κ2) is 5.53. The van der Waals surface area contributed by atoms with E-state index in [2.05, 4.69) is 24.9 Å². The average Bonchev–Trinajstić information content (AvgIpc) is 2.87. The van der Waals surface area contributed by atoms with Crippen molar-refractivity contribution >= 4 is 17.1 Å². The number of carbonyl (C=O) groups excluding carboxylic acids is 1. The molecule has 3 nitrogen and oxygen atoms in total. The topological polar surface area (TPSA) is 39.2 Å². The van der Waals surface area contributed by atoms with Gasteiger partial charge in [-0.3, -0.25) is 4.79 Å². The number of ketones is 1. The van der Waals surface area contributed by atoms with Crippen LogP contribution in [0.4, 0.5) is 0 Å². The number of carbonyl (C=O) groups is 1. The first kappa shape index (κ1) is 13.7. The molecule has 1 aromatic carbocycles.